The van der Waals surface area contributed by atoms with E-state index in [1.165, 1.54) is 13.3 Å². The Morgan fingerprint density at radius 1 is 1.39 bits per heavy atom. The molecule has 0 atom stereocenters. The van der Waals surface area contributed by atoms with Crippen LogP contribution >= 0.6 is 0 Å². The van der Waals surface area contributed by atoms with Gasteiger partial charge >= 0.3 is 5.97 Å². The summed E-state index contributed by atoms with van der Waals surface area (Å²) in [5.74, 6) is 0.101. The van der Waals surface area contributed by atoms with E-state index in [9.17, 15) is 4.79 Å². The van der Waals surface area contributed by atoms with E-state index in [1.807, 2.05) is 0 Å². The van der Waals surface area contributed by atoms with E-state index in [0.717, 1.165) is 18.8 Å². The number of hydrogen-bond acceptors (Lipinski definition) is 6. The van der Waals surface area contributed by atoms with Gasteiger partial charge in [0.1, 0.15) is 5.69 Å². The van der Waals surface area contributed by atoms with Gasteiger partial charge in [0, 0.05) is 19.3 Å². The van der Waals surface area contributed by atoms with Crippen molar-refractivity contribution in [3.8, 4) is 5.88 Å². The molecule has 18 heavy (non-hydrogen) atoms. The highest BCUT2D eigenvalue weighted by Crippen LogP contribution is 2.27. The Morgan fingerprint density at radius 2 is 2.11 bits per heavy atom. The Balaban J connectivity index is 2.32. The van der Waals surface area contributed by atoms with Crippen LogP contribution in [0.5, 0.6) is 5.88 Å². The van der Waals surface area contributed by atoms with E-state index in [1.54, 1.807) is 13.2 Å². The van der Waals surface area contributed by atoms with Crippen LogP contribution in [0.25, 0.3) is 0 Å². The second kappa shape index (κ2) is 5.68. The minimum atomic E-state index is -0.403. The van der Waals surface area contributed by atoms with Crippen LogP contribution in [0.4, 0.5) is 5.69 Å². The summed E-state index contributed by atoms with van der Waals surface area (Å²) in [6.45, 7) is 2.82. The molecule has 0 aliphatic carbocycles. The summed E-state index contributed by atoms with van der Waals surface area (Å²) in [6, 6.07) is 1.74. The predicted octanol–water partition coefficient (Wildman–Crippen LogP) is 0.713. The van der Waals surface area contributed by atoms with Crippen molar-refractivity contribution in [2.75, 3.05) is 45.4 Å². The lowest BCUT2D eigenvalue weighted by atomic mass is 10.2. The third kappa shape index (κ3) is 2.53. The number of nitrogens with zero attached hydrogens (tertiary/aromatic N) is 2. The molecule has 0 spiro atoms. The quantitative estimate of drug-likeness (QED) is 0.738. The highest BCUT2D eigenvalue weighted by Gasteiger charge is 2.19. The smallest absolute Gasteiger partial charge is 0.339 e. The molecule has 98 valence electrons. The van der Waals surface area contributed by atoms with Gasteiger partial charge < -0.3 is 19.1 Å². The summed E-state index contributed by atoms with van der Waals surface area (Å²) in [5.41, 5.74) is 1.21. The number of hydrogen-bond donors (Lipinski definition) is 0. The second-order valence-electron chi connectivity index (χ2n) is 3.84. The first kappa shape index (κ1) is 12.6. The summed E-state index contributed by atoms with van der Waals surface area (Å²) < 4.78 is 15.2. The monoisotopic (exact) mass is 252 g/mol. The van der Waals surface area contributed by atoms with Crippen LogP contribution in [0.1, 0.15) is 10.4 Å². The van der Waals surface area contributed by atoms with Gasteiger partial charge in [-0.3, -0.25) is 0 Å². The maximum atomic E-state index is 11.5. The molecule has 0 aromatic carbocycles. The van der Waals surface area contributed by atoms with Crippen molar-refractivity contribution < 1.29 is 19.0 Å². The van der Waals surface area contributed by atoms with Gasteiger partial charge in [-0.15, -0.1) is 0 Å². The fraction of sp³-hybridized carbons (Fsp3) is 0.500. The van der Waals surface area contributed by atoms with Gasteiger partial charge in [0.2, 0.25) is 5.88 Å². The first-order valence-corrected chi connectivity index (χ1v) is 5.71. The first-order chi connectivity index (χ1) is 8.76. The lowest BCUT2D eigenvalue weighted by Gasteiger charge is -2.29. The number of esters is 1. The number of carbonyl (C=O) groups is 1. The number of aromatic nitrogens is 1. The van der Waals surface area contributed by atoms with Crippen molar-refractivity contribution in [3.63, 3.8) is 0 Å². The molecule has 6 heteroatoms. The molecule has 0 bridgehead atoms. The number of carbonyl (C=O) groups excluding carboxylic acids is 1. The molecule has 1 aromatic rings. The van der Waals surface area contributed by atoms with Crippen molar-refractivity contribution in [2.45, 2.75) is 0 Å². The maximum absolute atomic E-state index is 11.5. The van der Waals surface area contributed by atoms with Gasteiger partial charge in [-0.05, 0) is 6.07 Å². The van der Waals surface area contributed by atoms with E-state index < -0.39 is 5.97 Å². The summed E-state index contributed by atoms with van der Waals surface area (Å²) in [7, 11) is 2.91. The van der Waals surface area contributed by atoms with Gasteiger partial charge in [0.15, 0.2) is 0 Å². The van der Waals surface area contributed by atoms with Crippen LogP contribution in [0.15, 0.2) is 12.3 Å². The van der Waals surface area contributed by atoms with Gasteiger partial charge in [0.05, 0.1) is 33.0 Å². The number of ether oxygens (including phenoxy) is 3. The Labute approximate surface area is 105 Å². The van der Waals surface area contributed by atoms with E-state index in [-0.39, 0.29) is 0 Å². The topological polar surface area (TPSA) is 60.9 Å². The molecule has 1 saturated heterocycles. The maximum Gasteiger partial charge on any atom is 0.339 e. The number of pyridine rings is 1. The summed E-state index contributed by atoms with van der Waals surface area (Å²) in [5, 5.41) is 0. The number of rotatable bonds is 3. The highest BCUT2D eigenvalue weighted by molar-refractivity contribution is 5.90. The van der Waals surface area contributed by atoms with Gasteiger partial charge in [-0.25, -0.2) is 9.78 Å². The standard InChI is InChI=1S/C12H16N2O4/c1-16-11-10(14-3-5-18-6-4-14)7-9(8-13-11)12(15)17-2/h7-8H,3-6H2,1-2H3. The van der Waals surface area contributed by atoms with Crippen LogP contribution in [-0.2, 0) is 9.47 Å². The summed E-state index contributed by atoms with van der Waals surface area (Å²) >= 11 is 0. The SMILES string of the molecule is COC(=O)c1cnc(OC)c(N2CCOCC2)c1. The van der Waals surface area contributed by atoms with Crippen molar-refractivity contribution in [3.05, 3.63) is 17.8 Å². The summed E-state index contributed by atoms with van der Waals surface area (Å²) in [4.78, 5) is 17.7. The normalized spacial score (nSPS) is 15.3. The Kier molecular flexibility index (Phi) is 3.99. The fourth-order valence-electron chi connectivity index (χ4n) is 1.86. The molecule has 1 aliphatic rings. The Hall–Kier alpha value is -1.82. The fourth-order valence-corrected chi connectivity index (χ4v) is 1.86. The van der Waals surface area contributed by atoms with Gasteiger partial charge in [-0.1, -0.05) is 0 Å². The van der Waals surface area contributed by atoms with Crippen molar-refractivity contribution >= 4 is 11.7 Å². The number of morpholine rings is 1. The van der Waals surface area contributed by atoms with Crippen LogP contribution in [0.3, 0.4) is 0 Å². The molecule has 0 amide bonds. The molecule has 0 unspecified atom stereocenters. The molecule has 1 aromatic heterocycles. The van der Waals surface area contributed by atoms with Crippen molar-refractivity contribution in [1.82, 2.24) is 4.98 Å². The van der Waals surface area contributed by atoms with E-state index in [0.29, 0.717) is 24.7 Å². The zero-order valence-corrected chi connectivity index (χ0v) is 10.5. The largest absolute Gasteiger partial charge is 0.480 e. The Bertz CT molecular complexity index is 430. The minimum absolute atomic E-state index is 0.403. The molecule has 6 nitrogen and oxygen atoms in total. The van der Waals surface area contributed by atoms with Crippen molar-refractivity contribution in [1.29, 1.82) is 0 Å². The summed E-state index contributed by atoms with van der Waals surface area (Å²) in [6.07, 6.45) is 1.45. The van der Waals surface area contributed by atoms with Crippen molar-refractivity contribution in [2.24, 2.45) is 0 Å². The lowest BCUT2D eigenvalue weighted by molar-refractivity contribution is 0.0600. The van der Waals surface area contributed by atoms with Crippen LogP contribution in [0.2, 0.25) is 0 Å². The molecular formula is C12H16N2O4. The van der Waals surface area contributed by atoms with Crippen LogP contribution in [0, 0.1) is 0 Å². The zero-order valence-electron chi connectivity index (χ0n) is 10.5. The second-order valence-corrected chi connectivity index (χ2v) is 3.84. The molecule has 2 rings (SSSR count). The predicted molar refractivity (Wildman–Crippen MR) is 65.2 cm³/mol. The number of methoxy groups -OCH3 is 2. The lowest BCUT2D eigenvalue weighted by Crippen LogP contribution is -2.36. The highest BCUT2D eigenvalue weighted by atomic mass is 16.5. The molecule has 0 N–H and O–H groups in total. The van der Waals surface area contributed by atoms with E-state index >= 15 is 0 Å². The average Bonchev–Trinajstić information content (AvgIpc) is 2.46. The molecular weight excluding hydrogens is 236 g/mol. The third-order valence-corrected chi connectivity index (χ3v) is 2.80. The minimum Gasteiger partial charge on any atom is -0.480 e. The molecule has 0 saturated carbocycles. The molecule has 2 heterocycles. The molecule has 0 radical (unpaired) electrons. The van der Waals surface area contributed by atoms with Crippen LogP contribution < -0.4 is 9.64 Å². The van der Waals surface area contributed by atoms with Crippen LogP contribution in [-0.4, -0.2) is 51.5 Å². The van der Waals surface area contributed by atoms with Gasteiger partial charge in [0.25, 0.3) is 0 Å². The number of anilines is 1. The average molecular weight is 252 g/mol. The molecule has 1 aliphatic heterocycles. The molecule has 1 fully saturated rings. The Morgan fingerprint density at radius 3 is 2.72 bits per heavy atom. The van der Waals surface area contributed by atoms with E-state index in [2.05, 4.69) is 14.6 Å². The van der Waals surface area contributed by atoms with E-state index in [4.69, 9.17) is 9.47 Å². The third-order valence-electron chi connectivity index (χ3n) is 2.80. The van der Waals surface area contributed by atoms with Gasteiger partial charge in [-0.2, -0.15) is 0 Å². The zero-order chi connectivity index (χ0) is 13.0. The first-order valence-electron chi connectivity index (χ1n) is 5.71.